The molecule has 0 aliphatic rings. The first kappa shape index (κ1) is 15.7. The molecule has 0 radical (unpaired) electrons. The average molecular weight is 262 g/mol. The maximum atomic E-state index is 11.7. The van der Waals surface area contributed by atoms with E-state index in [1.807, 2.05) is 0 Å². The van der Waals surface area contributed by atoms with Gasteiger partial charge in [-0.3, -0.25) is 4.79 Å². The van der Waals surface area contributed by atoms with E-state index in [2.05, 4.69) is 45.0 Å². The van der Waals surface area contributed by atoms with Gasteiger partial charge in [-0.1, -0.05) is 45.0 Å². The molecule has 2 N–H and O–H groups in total. The predicted molar refractivity (Wildman–Crippen MR) is 80.1 cm³/mol. The molecule has 3 heteroatoms. The molecule has 0 aromatic heterocycles. The lowest BCUT2D eigenvalue weighted by Gasteiger charge is -2.21. The maximum Gasteiger partial charge on any atom is 0.238 e. The molecule has 0 heterocycles. The van der Waals surface area contributed by atoms with Crippen LogP contribution in [-0.2, 0) is 16.6 Å². The Balaban J connectivity index is 2.58. The van der Waals surface area contributed by atoms with Gasteiger partial charge in [-0.25, -0.2) is 0 Å². The van der Waals surface area contributed by atoms with Crippen LogP contribution in [0.1, 0.15) is 38.8 Å². The number of benzene rings is 1. The Labute approximate surface area is 116 Å². The minimum Gasteiger partial charge on any atom is -0.344 e. The fourth-order valence-electron chi connectivity index (χ4n) is 1.93. The number of nitrogens with two attached hydrogens (primary N) is 1. The maximum absolute atomic E-state index is 11.7. The van der Waals surface area contributed by atoms with E-state index in [-0.39, 0.29) is 11.3 Å². The predicted octanol–water partition coefficient (Wildman–Crippen LogP) is 2.33. The van der Waals surface area contributed by atoms with Crippen molar-refractivity contribution in [1.82, 2.24) is 4.90 Å². The number of amides is 1. The third-order valence-corrected chi connectivity index (χ3v) is 3.32. The summed E-state index contributed by atoms with van der Waals surface area (Å²) in [6, 6.07) is 8.20. The van der Waals surface area contributed by atoms with Crippen molar-refractivity contribution in [3.63, 3.8) is 0 Å². The monoisotopic (exact) mass is 262 g/mol. The van der Waals surface area contributed by atoms with E-state index < -0.39 is 6.04 Å². The van der Waals surface area contributed by atoms with Crippen molar-refractivity contribution < 1.29 is 4.79 Å². The molecule has 106 valence electrons. The van der Waals surface area contributed by atoms with E-state index in [1.54, 1.807) is 18.9 Å². The normalized spacial score (nSPS) is 13.2. The highest BCUT2D eigenvalue weighted by molar-refractivity contribution is 5.80. The Morgan fingerprint density at radius 1 is 1.26 bits per heavy atom. The fraction of sp³-hybridized carbons (Fsp3) is 0.562. The summed E-state index contributed by atoms with van der Waals surface area (Å²) < 4.78 is 0. The molecular formula is C16H26N2O. The third kappa shape index (κ3) is 4.67. The van der Waals surface area contributed by atoms with Gasteiger partial charge in [-0.15, -0.1) is 0 Å². The Morgan fingerprint density at radius 3 is 2.21 bits per heavy atom. The summed E-state index contributed by atoms with van der Waals surface area (Å²) in [6.07, 6.45) is 0.860. The quantitative estimate of drug-likeness (QED) is 0.905. The summed E-state index contributed by atoms with van der Waals surface area (Å²) in [6.45, 7) is 9.04. The summed E-state index contributed by atoms with van der Waals surface area (Å²) in [4.78, 5) is 13.3. The van der Waals surface area contributed by atoms with Crippen molar-refractivity contribution in [2.24, 2.45) is 5.73 Å². The van der Waals surface area contributed by atoms with Gasteiger partial charge in [0, 0.05) is 13.6 Å². The zero-order valence-electron chi connectivity index (χ0n) is 12.7. The van der Waals surface area contributed by atoms with Gasteiger partial charge < -0.3 is 10.6 Å². The Bertz CT molecular complexity index is 415. The Hall–Kier alpha value is -1.35. The lowest BCUT2D eigenvalue weighted by molar-refractivity contribution is -0.130. The van der Waals surface area contributed by atoms with E-state index in [9.17, 15) is 4.79 Å². The molecule has 1 unspecified atom stereocenters. The van der Waals surface area contributed by atoms with Crippen LogP contribution in [0.25, 0.3) is 0 Å². The molecule has 0 aliphatic heterocycles. The van der Waals surface area contributed by atoms with Gasteiger partial charge in [0.15, 0.2) is 0 Å². The number of carbonyl (C=O) groups is 1. The topological polar surface area (TPSA) is 46.3 Å². The van der Waals surface area contributed by atoms with Crippen molar-refractivity contribution in [3.05, 3.63) is 35.4 Å². The highest BCUT2D eigenvalue weighted by Gasteiger charge is 2.14. The number of carbonyl (C=O) groups excluding carboxylic acids is 1. The van der Waals surface area contributed by atoms with Crippen LogP contribution in [0.4, 0.5) is 0 Å². The fourth-order valence-corrected chi connectivity index (χ4v) is 1.93. The van der Waals surface area contributed by atoms with E-state index in [1.165, 1.54) is 11.1 Å². The second kappa shape index (κ2) is 6.20. The molecule has 0 bridgehead atoms. The summed E-state index contributed by atoms with van der Waals surface area (Å²) in [5.74, 6) is -0.00804. The van der Waals surface area contributed by atoms with Crippen LogP contribution in [-0.4, -0.2) is 30.4 Å². The van der Waals surface area contributed by atoms with Gasteiger partial charge in [0.25, 0.3) is 0 Å². The second-order valence-corrected chi connectivity index (χ2v) is 6.25. The highest BCUT2D eigenvalue weighted by atomic mass is 16.2. The van der Waals surface area contributed by atoms with Crippen molar-refractivity contribution in [3.8, 4) is 0 Å². The molecule has 0 spiro atoms. The lowest BCUT2D eigenvalue weighted by atomic mass is 9.86. The second-order valence-electron chi connectivity index (χ2n) is 6.25. The lowest BCUT2D eigenvalue weighted by Crippen LogP contribution is -2.40. The number of likely N-dealkylation sites (N-methyl/N-ethyl adjacent to an activating group) is 1. The van der Waals surface area contributed by atoms with E-state index >= 15 is 0 Å². The van der Waals surface area contributed by atoms with Crippen molar-refractivity contribution >= 4 is 5.91 Å². The van der Waals surface area contributed by atoms with Gasteiger partial charge >= 0.3 is 0 Å². The first-order valence-corrected chi connectivity index (χ1v) is 6.82. The zero-order valence-corrected chi connectivity index (χ0v) is 12.7. The molecule has 1 rings (SSSR count). The summed E-state index contributed by atoms with van der Waals surface area (Å²) in [7, 11) is 1.80. The number of nitrogens with zero attached hydrogens (tertiary/aromatic N) is 1. The van der Waals surface area contributed by atoms with Gasteiger partial charge in [-0.05, 0) is 29.9 Å². The third-order valence-electron chi connectivity index (χ3n) is 3.32. The van der Waals surface area contributed by atoms with Crippen LogP contribution in [0.3, 0.4) is 0 Å². The standard InChI is InChI=1S/C16H26N2O/c1-12(17)15(19)18(5)11-10-13-6-8-14(9-7-13)16(2,3)4/h6-9,12H,10-11,17H2,1-5H3. The molecule has 0 fully saturated rings. The van der Waals surface area contributed by atoms with Crippen molar-refractivity contribution in [2.75, 3.05) is 13.6 Å². The molecule has 1 amide bonds. The van der Waals surface area contributed by atoms with Crippen LogP contribution < -0.4 is 5.73 Å². The summed E-state index contributed by atoms with van der Waals surface area (Å²) in [5, 5.41) is 0. The Morgan fingerprint density at radius 2 is 1.79 bits per heavy atom. The molecule has 3 nitrogen and oxygen atoms in total. The molecule has 1 aromatic rings. The van der Waals surface area contributed by atoms with Crippen LogP contribution in [0.15, 0.2) is 24.3 Å². The molecular weight excluding hydrogens is 236 g/mol. The number of hydrogen-bond donors (Lipinski definition) is 1. The SMILES string of the molecule is CC(N)C(=O)N(C)CCc1ccc(C(C)(C)C)cc1. The molecule has 0 aliphatic carbocycles. The number of hydrogen-bond acceptors (Lipinski definition) is 2. The van der Waals surface area contributed by atoms with Crippen LogP contribution in [0.2, 0.25) is 0 Å². The average Bonchev–Trinajstić information content (AvgIpc) is 2.34. The van der Waals surface area contributed by atoms with Crippen LogP contribution in [0, 0.1) is 0 Å². The van der Waals surface area contributed by atoms with E-state index in [4.69, 9.17) is 5.73 Å². The number of rotatable bonds is 4. The first-order valence-electron chi connectivity index (χ1n) is 6.82. The van der Waals surface area contributed by atoms with Gasteiger partial charge in [0.1, 0.15) is 0 Å². The van der Waals surface area contributed by atoms with Crippen LogP contribution in [0.5, 0.6) is 0 Å². The van der Waals surface area contributed by atoms with Gasteiger partial charge in [-0.2, -0.15) is 0 Å². The summed E-state index contributed by atoms with van der Waals surface area (Å²) >= 11 is 0. The van der Waals surface area contributed by atoms with Crippen molar-refractivity contribution in [1.29, 1.82) is 0 Å². The first-order chi connectivity index (χ1) is 8.71. The molecule has 1 atom stereocenters. The van der Waals surface area contributed by atoms with E-state index in [0.717, 1.165) is 6.42 Å². The Kier molecular flexibility index (Phi) is 5.12. The highest BCUT2D eigenvalue weighted by Crippen LogP contribution is 2.22. The smallest absolute Gasteiger partial charge is 0.238 e. The van der Waals surface area contributed by atoms with Gasteiger partial charge in [0.05, 0.1) is 6.04 Å². The zero-order chi connectivity index (χ0) is 14.6. The summed E-state index contributed by atoms with van der Waals surface area (Å²) in [5.41, 5.74) is 8.34. The largest absolute Gasteiger partial charge is 0.344 e. The minimum atomic E-state index is -0.423. The van der Waals surface area contributed by atoms with Crippen molar-refractivity contribution in [2.45, 2.75) is 45.6 Å². The van der Waals surface area contributed by atoms with Gasteiger partial charge in [0.2, 0.25) is 5.91 Å². The molecule has 0 saturated carbocycles. The van der Waals surface area contributed by atoms with E-state index in [0.29, 0.717) is 6.54 Å². The molecule has 1 aromatic carbocycles. The minimum absolute atomic E-state index is 0.00804. The molecule has 19 heavy (non-hydrogen) atoms. The van der Waals surface area contributed by atoms with Crippen LogP contribution >= 0.6 is 0 Å². The molecule has 0 saturated heterocycles.